The maximum absolute atomic E-state index is 12.8. The normalized spacial score (nSPS) is 24.2. The number of ether oxygens (including phenoxy) is 1. The van der Waals surface area contributed by atoms with Crippen LogP contribution in [0.2, 0.25) is 5.02 Å². The number of halogens is 1. The van der Waals surface area contributed by atoms with Crippen molar-refractivity contribution in [1.29, 1.82) is 0 Å². The topological polar surface area (TPSA) is 72.3 Å². The molecule has 7 nitrogen and oxygen atoms in total. The molecule has 1 N–H and O–H groups in total. The number of nitrogens with one attached hydrogen (secondary N) is 1. The van der Waals surface area contributed by atoms with Crippen LogP contribution in [0.1, 0.15) is 43.0 Å². The van der Waals surface area contributed by atoms with Crippen LogP contribution in [-0.2, 0) is 17.9 Å². The third-order valence-electron chi connectivity index (χ3n) is 5.52. The van der Waals surface area contributed by atoms with Crippen LogP contribution in [0.25, 0.3) is 0 Å². The Morgan fingerprint density at radius 2 is 1.93 bits per heavy atom. The van der Waals surface area contributed by atoms with Gasteiger partial charge in [-0.25, -0.2) is 9.48 Å². The zero-order valence-electron chi connectivity index (χ0n) is 15.3. The Morgan fingerprint density at radius 1 is 1.22 bits per heavy atom. The number of carbonyl (C=O) groups is 1. The highest BCUT2D eigenvalue weighted by Crippen LogP contribution is 2.40. The molecule has 1 aromatic heterocycles. The zero-order valence-corrected chi connectivity index (χ0v) is 16.1. The Hall–Kier alpha value is -2.12. The first-order valence-corrected chi connectivity index (χ1v) is 9.72. The summed E-state index contributed by atoms with van der Waals surface area (Å²) in [7, 11) is 1.65. The van der Waals surface area contributed by atoms with Crippen LogP contribution in [0.5, 0.6) is 0 Å². The van der Waals surface area contributed by atoms with Gasteiger partial charge in [-0.15, -0.1) is 5.10 Å². The Morgan fingerprint density at radius 3 is 2.59 bits per heavy atom. The molecule has 27 heavy (non-hydrogen) atoms. The standard InChI is InChI=1S/C19H24ClN5O2/c1-27-12-15-11-24(23-22-15)18-8-16-6-7-17(9-18)25(16)19(26)21-10-13-2-4-14(20)5-3-13/h2-5,11,16-18H,6-10,12H2,1H3,(H,21,26). The number of benzene rings is 1. The van der Waals surface area contributed by atoms with Crippen molar-refractivity contribution in [3.8, 4) is 0 Å². The molecule has 3 heterocycles. The zero-order chi connectivity index (χ0) is 18.8. The molecule has 2 amide bonds. The van der Waals surface area contributed by atoms with E-state index >= 15 is 0 Å². The third-order valence-corrected chi connectivity index (χ3v) is 5.78. The SMILES string of the molecule is COCc1cn(C2CC3CCC(C2)N3C(=O)NCc2ccc(Cl)cc2)nn1. The van der Waals surface area contributed by atoms with Crippen molar-refractivity contribution >= 4 is 17.6 Å². The third kappa shape index (κ3) is 3.94. The van der Waals surface area contributed by atoms with E-state index in [0.717, 1.165) is 36.9 Å². The van der Waals surface area contributed by atoms with Crippen molar-refractivity contribution in [1.82, 2.24) is 25.2 Å². The lowest BCUT2D eigenvalue weighted by molar-refractivity contribution is 0.119. The van der Waals surface area contributed by atoms with E-state index in [0.29, 0.717) is 24.2 Å². The number of urea groups is 1. The van der Waals surface area contributed by atoms with Crippen LogP contribution < -0.4 is 5.32 Å². The number of amides is 2. The van der Waals surface area contributed by atoms with Gasteiger partial charge in [-0.1, -0.05) is 28.9 Å². The van der Waals surface area contributed by atoms with Gasteiger partial charge in [0.15, 0.2) is 0 Å². The fraction of sp³-hybridized carbons (Fsp3) is 0.526. The Labute approximate surface area is 163 Å². The first-order chi connectivity index (χ1) is 13.1. The summed E-state index contributed by atoms with van der Waals surface area (Å²) in [6, 6.07) is 8.39. The van der Waals surface area contributed by atoms with Gasteiger partial charge in [0.2, 0.25) is 0 Å². The summed E-state index contributed by atoms with van der Waals surface area (Å²) >= 11 is 5.91. The van der Waals surface area contributed by atoms with Crippen LogP contribution in [-0.4, -0.2) is 45.1 Å². The van der Waals surface area contributed by atoms with Gasteiger partial charge >= 0.3 is 6.03 Å². The molecule has 1 aromatic carbocycles. The quantitative estimate of drug-likeness (QED) is 0.852. The molecule has 4 rings (SSSR count). The van der Waals surface area contributed by atoms with Crippen molar-refractivity contribution in [3.05, 3.63) is 46.7 Å². The maximum atomic E-state index is 12.8. The average Bonchev–Trinajstić information content (AvgIpc) is 3.24. The lowest BCUT2D eigenvalue weighted by Gasteiger charge is -2.38. The predicted octanol–water partition coefficient (Wildman–Crippen LogP) is 3.16. The number of hydrogen-bond donors (Lipinski definition) is 1. The summed E-state index contributed by atoms with van der Waals surface area (Å²) in [6.07, 6.45) is 5.90. The van der Waals surface area contributed by atoms with Crippen LogP contribution in [0.3, 0.4) is 0 Å². The van der Waals surface area contributed by atoms with Gasteiger partial charge in [0, 0.05) is 30.8 Å². The number of carbonyl (C=O) groups excluding carboxylic acids is 1. The van der Waals surface area contributed by atoms with Crippen molar-refractivity contribution < 1.29 is 9.53 Å². The van der Waals surface area contributed by atoms with E-state index < -0.39 is 0 Å². The number of hydrogen-bond acceptors (Lipinski definition) is 4. The summed E-state index contributed by atoms with van der Waals surface area (Å²) in [5.74, 6) is 0. The molecule has 2 bridgehead atoms. The molecule has 0 radical (unpaired) electrons. The molecule has 144 valence electrons. The van der Waals surface area contributed by atoms with Gasteiger partial charge in [0.05, 0.1) is 18.8 Å². The molecule has 8 heteroatoms. The molecule has 2 aliphatic heterocycles. The van der Waals surface area contributed by atoms with E-state index in [-0.39, 0.29) is 18.1 Å². The minimum absolute atomic E-state index is 0.0227. The van der Waals surface area contributed by atoms with Gasteiger partial charge < -0.3 is 15.0 Å². The largest absolute Gasteiger partial charge is 0.378 e. The highest BCUT2D eigenvalue weighted by atomic mass is 35.5. The Balaban J connectivity index is 1.36. The minimum atomic E-state index is 0.0227. The Kier molecular flexibility index (Phi) is 5.31. The lowest BCUT2D eigenvalue weighted by Crippen LogP contribution is -2.50. The van der Waals surface area contributed by atoms with Crippen LogP contribution in [0, 0.1) is 0 Å². The molecule has 0 spiro atoms. The first kappa shape index (κ1) is 18.3. The second-order valence-corrected chi connectivity index (χ2v) is 7.76. The number of aromatic nitrogens is 3. The summed E-state index contributed by atoms with van der Waals surface area (Å²) in [4.78, 5) is 14.8. The van der Waals surface area contributed by atoms with Gasteiger partial charge in [-0.05, 0) is 43.4 Å². The summed E-state index contributed by atoms with van der Waals surface area (Å²) < 4.78 is 7.06. The number of nitrogens with zero attached hydrogens (tertiary/aromatic N) is 4. The summed E-state index contributed by atoms with van der Waals surface area (Å²) in [6.45, 7) is 0.984. The molecular weight excluding hydrogens is 366 g/mol. The van der Waals surface area contributed by atoms with Crippen LogP contribution in [0.15, 0.2) is 30.5 Å². The molecule has 2 fully saturated rings. The minimum Gasteiger partial charge on any atom is -0.378 e. The highest BCUT2D eigenvalue weighted by molar-refractivity contribution is 6.30. The second-order valence-electron chi connectivity index (χ2n) is 7.33. The number of rotatable bonds is 5. The van der Waals surface area contributed by atoms with Crippen molar-refractivity contribution in [2.45, 2.75) is 57.0 Å². The lowest BCUT2D eigenvalue weighted by atomic mass is 9.98. The molecule has 0 aliphatic carbocycles. The molecule has 2 atom stereocenters. The van der Waals surface area contributed by atoms with Crippen molar-refractivity contribution in [2.24, 2.45) is 0 Å². The summed E-state index contributed by atoms with van der Waals surface area (Å²) in [5.41, 5.74) is 1.89. The molecule has 2 aliphatic rings. The van der Waals surface area contributed by atoms with E-state index in [2.05, 4.69) is 15.6 Å². The number of methoxy groups -OCH3 is 1. The van der Waals surface area contributed by atoms with Gasteiger partial charge in [-0.3, -0.25) is 0 Å². The molecule has 2 saturated heterocycles. The number of piperidine rings is 1. The maximum Gasteiger partial charge on any atom is 0.318 e. The predicted molar refractivity (Wildman–Crippen MR) is 101 cm³/mol. The molecule has 2 unspecified atom stereocenters. The molecule has 2 aromatic rings. The monoisotopic (exact) mass is 389 g/mol. The average molecular weight is 390 g/mol. The van der Waals surface area contributed by atoms with Crippen LogP contribution in [0.4, 0.5) is 4.79 Å². The van der Waals surface area contributed by atoms with Crippen LogP contribution >= 0.6 is 11.6 Å². The highest BCUT2D eigenvalue weighted by Gasteiger charge is 2.44. The van der Waals surface area contributed by atoms with E-state index in [4.69, 9.17) is 16.3 Å². The fourth-order valence-electron chi connectivity index (χ4n) is 4.27. The fourth-order valence-corrected chi connectivity index (χ4v) is 4.40. The van der Waals surface area contributed by atoms with Gasteiger partial charge in [0.1, 0.15) is 5.69 Å². The Bertz CT molecular complexity index is 780. The van der Waals surface area contributed by atoms with Gasteiger partial charge in [-0.2, -0.15) is 0 Å². The van der Waals surface area contributed by atoms with E-state index in [9.17, 15) is 4.79 Å². The van der Waals surface area contributed by atoms with E-state index in [1.54, 1.807) is 7.11 Å². The second kappa shape index (κ2) is 7.86. The molecular formula is C19H24ClN5O2. The van der Waals surface area contributed by atoms with Crippen molar-refractivity contribution in [3.63, 3.8) is 0 Å². The van der Waals surface area contributed by atoms with Gasteiger partial charge in [0.25, 0.3) is 0 Å². The van der Waals surface area contributed by atoms with Crippen molar-refractivity contribution in [2.75, 3.05) is 7.11 Å². The first-order valence-electron chi connectivity index (χ1n) is 9.34. The molecule has 0 saturated carbocycles. The summed E-state index contributed by atoms with van der Waals surface area (Å²) in [5, 5.41) is 12.2. The number of fused-ring (bicyclic) bond motifs is 2. The smallest absolute Gasteiger partial charge is 0.318 e. The van der Waals surface area contributed by atoms with E-state index in [1.165, 1.54) is 0 Å². The van der Waals surface area contributed by atoms with E-state index in [1.807, 2.05) is 40.0 Å².